The first-order valence-electron chi connectivity index (χ1n) is 10.2. The van der Waals surface area contributed by atoms with Gasteiger partial charge in [-0.15, -0.1) is 0 Å². The molecule has 4 aliphatic carbocycles. The van der Waals surface area contributed by atoms with E-state index in [1.54, 1.807) is 0 Å². The molecular weight excluding hydrogens is 268 g/mol. The highest BCUT2D eigenvalue weighted by molar-refractivity contribution is 5.08. The van der Waals surface area contributed by atoms with Crippen molar-refractivity contribution in [2.24, 2.45) is 40.4 Å². The maximum absolute atomic E-state index is 10.1. The van der Waals surface area contributed by atoms with Crippen LogP contribution in [0.2, 0.25) is 0 Å². The standard InChI is InChI=1S/C21H36O/c1-4-14-6-8-18-17-7-5-15-13-16(22)9-11-21(15,3)19(17)10-12-20(14,18)2/h14-19,22H,4-13H2,1-3H3. The van der Waals surface area contributed by atoms with Crippen LogP contribution >= 0.6 is 0 Å². The molecule has 4 rings (SSSR count). The predicted octanol–water partition coefficient (Wildman–Crippen LogP) is 5.42. The summed E-state index contributed by atoms with van der Waals surface area (Å²) < 4.78 is 0. The zero-order valence-corrected chi connectivity index (χ0v) is 15.0. The van der Waals surface area contributed by atoms with Gasteiger partial charge >= 0.3 is 0 Å². The van der Waals surface area contributed by atoms with Gasteiger partial charge in [0.15, 0.2) is 0 Å². The van der Waals surface area contributed by atoms with Crippen LogP contribution in [0.4, 0.5) is 0 Å². The number of hydrogen-bond donors (Lipinski definition) is 1. The third-order valence-corrected chi connectivity index (χ3v) is 9.33. The molecule has 1 N–H and O–H groups in total. The van der Waals surface area contributed by atoms with Gasteiger partial charge in [0, 0.05) is 0 Å². The van der Waals surface area contributed by atoms with Gasteiger partial charge in [-0.05, 0) is 98.2 Å². The van der Waals surface area contributed by atoms with E-state index in [-0.39, 0.29) is 6.10 Å². The quantitative estimate of drug-likeness (QED) is 0.686. The van der Waals surface area contributed by atoms with Crippen molar-refractivity contribution in [3.8, 4) is 0 Å². The minimum atomic E-state index is -0.000524. The van der Waals surface area contributed by atoms with Gasteiger partial charge in [0.05, 0.1) is 6.10 Å². The van der Waals surface area contributed by atoms with Crippen LogP contribution in [0.25, 0.3) is 0 Å². The highest BCUT2D eigenvalue weighted by Crippen LogP contribution is 2.67. The highest BCUT2D eigenvalue weighted by atomic mass is 16.3. The van der Waals surface area contributed by atoms with Gasteiger partial charge in [0.25, 0.3) is 0 Å². The van der Waals surface area contributed by atoms with Crippen molar-refractivity contribution in [1.82, 2.24) is 0 Å². The van der Waals surface area contributed by atoms with E-state index >= 15 is 0 Å². The zero-order chi connectivity index (χ0) is 15.5. The van der Waals surface area contributed by atoms with Crippen LogP contribution in [0.15, 0.2) is 0 Å². The molecule has 0 aromatic carbocycles. The lowest BCUT2D eigenvalue weighted by molar-refractivity contribution is -0.126. The van der Waals surface area contributed by atoms with E-state index in [0.717, 1.165) is 42.4 Å². The molecule has 4 aliphatic rings. The van der Waals surface area contributed by atoms with Crippen molar-refractivity contribution in [3.63, 3.8) is 0 Å². The average molecular weight is 305 g/mol. The Morgan fingerprint density at radius 2 is 1.59 bits per heavy atom. The molecule has 0 radical (unpaired) electrons. The molecule has 126 valence electrons. The summed E-state index contributed by atoms with van der Waals surface area (Å²) in [6.45, 7) is 7.68. The lowest BCUT2D eigenvalue weighted by atomic mass is 9.44. The van der Waals surface area contributed by atoms with Crippen LogP contribution in [0.3, 0.4) is 0 Å². The first-order chi connectivity index (χ1) is 10.5. The van der Waals surface area contributed by atoms with E-state index in [1.807, 2.05) is 0 Å². The molecule has 0 saturated heterocycles. The summed E-state index contributed by atoms with van der Waals surface area (Å²) in [4.78, 5) is 0. The Bertz CT molecular complexity index is 432. The summed E-state index contributed by atoms with van der Waals surface area (Å²) in [5, 5.41) is 10.1. The summed E-state index contributed by atoms with van der Waals surface area (Å²) >= 11 is 0. The van der Waals surface area contributed by atoms with Gasteiger partial charge in [0.1, 0.15) is 0 Å². The van der Waals surface area contributed by atoms with Crippen molar-refractivity contribution < 1.29 is 5.11 Å². The Balaban J connectivity index is 1.61. The predicted molar refractivity (Wildman–Crippen MR) is 91.5 cm³/mol. The third-order valence-electron chi connectivity index (χ3n) is 9.33. The summed E-state index contributed by atoms with van der Waals surface area (Å²) in [6, 6.07) is 0. The van der Waals surface area contributed by atoms with E-state index in [0.29, 0.717) is 10.8 Å². The molecule has 8 atom stereocenters. The second-order valence-corrected chi connectivity index (χ2v) is 9.81. The molecule has 0 bridgehead atoms. The number of fused-ring (bicyclic) bond motifs is 5. The molecule has 0 aromatic rings. The van der Waals surface area contributed by atoms with Crippen LogP contribution in [-0.2, 0) is 0 Å². The topological polar surface area (TPSA) is 20.2 Å². The minimum Gasteiger partial charge on any atom is -0.393 e. The molecule has 0 spiro atoms. The van der Waals surface area contributed by atoms with Gasteiger partial charge in [-0.2, -0.15) is 0 Å². The molecule has 4 saturated carbocycles. The summed E-state index contributed by atoms with van der Waals surface area (Å²) in [5.41, 5.74) is 1.21. The molecule has 0 aliphatic heterocycles. The van der Waals surface area contributed by atoms with Crippen molar-refractivity contribution in [2.75, 3.05) is 0 Å². The van der Waals surface area contributed by atoms with E-state index in [1.165, 1.54) is 51.4 Å². The SMILES string of the molecule is CCC1CCC2C3CCC4CC(O)CCC4(C)C3CCC12C. The Labute approximate surface area is 137 Å². The van der Waals surface area contributed by atoms with Gasteiger partial charge in [-0.3, -0.25) is 0 Å². The zero-order valence-electron chi connectivity index (χ0n) is 15.0. The Morgan fingerprint density at radius 1 is 0.864 bits per heavy atom. The van der Waals surface area contributed by atoms with Gasteiger partial charge < -0.3 is 5.11 Å². The van der Waals surface area contributed by atoms with Crippen molar-refractivity contribution in [3.05, 3.63) is 0 Å². The van der Waals surface area contributed by atoms with Crippen LogP contribution in [0.5, 0.6) is 0 Å². The normalized spacial score (nSPS) is 57.8. The van der Waals surface area contributed by atoms with Crippen LogP contribution in [-0.4, -0.2) is 11.2 Å². The fourth-order valence-corrected chi connectivity index (χ4v) is 8.01. The molecule has 8 unspecified atom stereocenters. The monoisotopic (exact) mass is 304 g/mol. The number of hydrogen-bond acceptors (Lipinski definition) is 1. The number of aliphatic hydroxyl groups excluding tert-OH is 1. The average Bonchev–Trinajstić information content (AvgIpc) is 2.84. The van der Waals surface area contributed by atoms with E-state index in [9.17, 15) is 5.11 Å². The van der Waals surface area contributed by atoms with Crippen molar-refractivity contribution in [2.45, 2.75) is 91.1 Å². The van der Waals surface area contributed by atoms with Crippen LogP contribution in [0, 0.1) is 40.4 Å². The summed E-state index contributed by atoms with van der Waals surface area (Å²) in [6.07, 6.45) is 13.7. The second-order valence-electron chi connectivity index (χ2n) is 9.81. The highest BCUT2D eigenvalue weighted by Gasteiger charge is 2.59. The van der Waals surface area contributed by atoms with E-state index in [2.05, 4.69) is 20.8 Å². The molecular formula is C21H36O. The Kier molecular flexibility index (Phi) is 3.68. The van der Waals surface area contributed by atoms with Crippen LogP contribution in [0.1, 0.15) is 85.0 Å². The van der Waals surface area contributed by atoms with Crippen LogP contribution < -0.4 is 0 Å². The molecule has 0 heterocycles. The second kappa shape index (κ2) is 5.23. The fourth-order valence-electron chi connectivity index (χ4n) is 8.01. The Hall–Kier alpha value is -0.0400. The van der Waals surface area contributed by atoms with E-state index in [4.69, 9.17) is 0 Å². The minimum absolute atomic E-state index is 0.000524. The van der Waals surface area contributed by atoms with Crippen molar-refractivity contribution >= 4 is 0 Å². The van der Waals surface area contributed by atoms with Gasteiger partial charge in [-0.25, -0.2) is 0 Å². The molecule has 1 heteroatoms. The largest absolute Gasteiger partial charge is 0.393 e. The molecule has 1 nitrogen and oxygen atoms in total. The Morgan fingerprint density at radius 3 is 2.36 bits per heavy atom. The third kappa shape index (κ3) is 2.00. The molecule has 4 fully saturated rings. The first-order valence-corrected chi connectivity index (χ1v) is 10.2. The lowest BCUT2D eigenvalue weighted by Crippen LogP contribution is -2.53. The number of aliphatic hydroxyl groups is 1. The summed E-state index contributed by atoms with van der Waals surface area (Å²) in [7, 11) is 0. The first kappa shape index (κ1) is 15.5. The smallest absolute Gasteiger partial charge is 0.0543 e. The van der Waals surface area contributed by atoms with Crippen molar-refractivity contribution in [1.29, 1.82) is 0 Å². The molecule has 22 heavy (non-hydrogen) atoms. The van der Waals surface area contributed by atoms with Gasteiger partial charge in [-0.1, -0.05) is 27.2 Å². The number of rotatable bonds is 1. The van der Waals surface area contributed by atoms with Gasteiger partial charge in [0.2, 0.25) is 0 Å². The maximum Gasteiger partial charge on any atom is 0.0543 e. The maximum atomic E-state index is 10.1. The molecule has 0 aromatic heterocycles. The fraction of sp³-hybridized carbons (Fsp3) is 1.00. The van der Waals surface area contributed by atoms with E-state index < -0.39 is 0 Å². The molecule has 0 amide bonds. The summed E-state index contributed by atoms with van der Waals surface area (Å²) in [5.74, 6) is 4.79. The lowest BCUT2D eigenvalue weighted by Gasteiger charge is -2.61.